The molecule has 3 rings (SSSR count). The Hall–Kier alpha value is -3.19. The molecule has 0 bridgehead atoms. The summed E-state index contributed by atoms with van der Waals surface area (Å²) in [5, 5.41) is 12.0. The summed E-state index contributed by atoms with van der Waals surface area (Å²) in [6.45, 7) is 3.91. The molecular weight excluding hydrogens is 360 g/mol. The molecule has 2 N–H and O–H groups in total. The number of carboxylic acid groups (broad SMARTS) is 1. The number of carboxylic acids is 1. The second-order valence-electron chi connectivity index (χ2n) is 6.57. The van der Waals surface area contributed by atoms with Crippen molar-refractivity contribution >= 4 is 23.5 Å². The van der Waals surface area contributed by atoms with Crippen LogP contribution in [0.1, 0.15) is 31.8 Å². The number of carbonyl (C=O) groups is 3. The van der Waals surface area contributed by atoms with Gasteiger partial charge in [-0.25, -0.2) is 4.79 Å². The molecule has 2 amide bonds. The van der Waals surface area contributed by atoms with Gasteiger partial charge in [0.25, 0.3) is 5.91 Å². The lowest BCUT2D eigenvalue weighted by molar-refractivity contribution is -0.115. The van der Waals surface area contributed by atoms with Gasteiger partial charge in [0.05, 0.1) is 25.2 Å². The van der Waals surface area contributed by atoms with Gasteiger partial charge in [-0.15, -0.1) is 0 Å². The number of nitrogens with one attached hydrogen (secondary N) is 1. The molecule has 1 saturated heterocycles. The number of aromatic carboxylic acids is 1. The van der Waals surface area contributed by atoms with Crippen molar-refractivity contribution in [1.29, 1.82) is 0 Å². The Morgan fingerprint density at radius 3 is 2.43 bits per heavy atom. The molecule has 0 unspecified atom stereocenters. The van der Waals surface area contributed by atoms with Crippen molar-refractivity contribution in [3.8, 4) is 0 Å². The number of anilines is 1. The standard InChI is InChI=1S/C21H22N2O5/c1-14-16(20(25)23-9-11-28-12-10-23)7-4-8-18(14)22-19(24)13-15-5-2-3-6-17(15)21(26)27/h2-8H,9-13H2,1H3,(H,22,24)(H,26,27). The molecule has 28 heavy (non-hydrogen) atoms. The van der Waals surface area contributed by atoms with E-state index < -0.39 is 5.97 Å². The van der Waals surface area contributed by atoms with Crippen LogP contribution in [-0.4, -0.2) is 54.1 Å². The van der Waals surface area contributed by atoms with E-state index >= 15 is 0 Å². The lowest BCUT2D eigenvalue weighted by Gasteiger charge is -2.27. The van der Waals surface area contributed by atoms with Crippen LogP contribution in [0.25, 0.3) is 0 Å². The molecule has 0 radical (unpaired) electrons. The van der Waals surface area contributed by atoms with Gasteiger partial charge in [-0.1, -0.05) is 24.3 Å². The highest BCUT2D eigenvalue weighted by Crippen LogP contribution is 2.21. The van der Waals surface area contributed by atoms with Crippen LogP contribution in [0.3, 0.4) is 0 Å². The van der Waals surface area contributed by atoms with E-state index in [1.165, 1.54) is 6.07 Å². The summed E-state index contributed by atoms with van der Waals surface area (Å²) >= 11 is 0. The average Bonchev–Trinajstić information content (AvgIpc) is 2.70. The summed E-state index contributed by atoms with van der Waals surface area (Å²) in [6, 6.07) is 11.6. The van der Waals surface area contributed by atoms with Gasteiger partial charge in [0, 0.05) is 24.3 Å². The van der Waals surface area contributed by atoms with E-state index in [1.807, 2.05) is 0 Å². The van der Waals surface area contributed by atoms with Gasteiger partial charge < -0.3 is 20.1 Å². The third kappa shape index (κ3) is 4.37. The molecule has 0 aromatic heterocycles. The van der Waals surface area contributed by atoms with Crippen LogP contribution < -0.4 is 5.32 Å². The lowest BCUT2D eigenvalue weighted by Crippen LogP contribution is -2.41. The third-order valence-corrected chi connectivity index (χ3v) is 4.74. The van der Waals surface area contributed by atoms with E-state index in [9.17, 15) is 19.5 Å². The van der Waals surface area contributed by atoms with Gasteiger partial charge in [0.1, 0.15) is 0 Å². The van der Waals surface area contributed by atoms with Crippen LogP contribution in [0.5, 0.6) is 0 Å². The minimum Gasteiger partial charge on any atom is -0.478 e. The van der Waals surface area contributed by atoms with E-state index in [0.29, 0.717) is 48.7 Å². The minimum atomic E-state index is -1.07. The lowest BCUT2D eigenvalue weighted by atomic mass is 10.0. The number of benzene rings is 2. The molecule has 0 aliphatic carbocycles. The second-order valence-corrected chi connectivity index (χ2v) is 6.57. The zero-order valence-electron chi connectivity index (χ0n) is 15.6. The maximum Gasteiger partial charge on any atom is 0.335 e. The van der Waals surface area contributed by atoms with Crippen molar-refractivity contribution in [2.24, 2.45) is 0 Å². The first-order chi connectivity index (χ1) is 13.5. The number of hydrogen-bond donors (Lipinski definition) is 2. The third-order valence-electron chi connectivity index (χ3n) is 4.74. The van der Waals surface area contributed by atoms with Gasteiger partial charge >= 0.3 is 5.97 Å². The minimum absolute atomic E-state index is 0.0659. The Morgan fingerprint density at radius 1 is 1.04 bits per heavy atom. The Bertz CT molecular complexity index is 903. The Kier molecular flexibility index (Phi) is 6.06. The second kappa shape index (κ2) is 8.67. The average molecular weight is 382 g/mol. The number of carbonyl (C=O) groups excluding carboxylic acids is 2. The molecule has 1 aliphatic rings. The van der Waals surface area contributed by atoms with Crippen LogP contribution in [0, 0.1) is 6.92 Å². The molecule has 7 nitrogen and oxygen atoms in total. The summed E-state index contributed by atoms with van der Waals surface area (Å²) in [5.74, 6) is -1.50. The smallest absolute Gasteiger partial charge is 0.335 e. The quantitative estimate of drug-likeness (QED) is 0.828. The number of amides is 2. The normalized spacial score (nSPS) is 13.8. The topological polar surface area (TPSA) is 95.9 Å². The Labute approximate surface area is 162 Å². The van der Waals surface area contributed by atoms with Crippen LogP contribution >= 0.6 is 0 Å². The summed E-state index contributed by atoms with van der Waals surface area (Å²) < 4.78 is 5.28. The summed E-state index contributed by atoms with van der Waals surface area (Å²) in [6.07, 6.45) is -0.0659. The maximum absolute atomic E-state index is 12.8. The van der Waals surface area contributed by atoms with Gasteiger partial charge in [-0.3, -0.25) is 9.59 Å². The van der Waals surface area contributed by atoms with Crippen molar-refractivity contribution in [2.45, 2.75) is 13.3 Å². The largest absolute Gasteiger partial charge is 0.478 e. The van der Waals surface area contributed by atoms with Crippen LogP contribution in [0.2, 0.25) is 0 Å². The van der Waals surface area contributed by atoms with Crippen molar-refractivity contribution in [3.05, 3.63) is 64.7 Å². The van der Waals surface area contributed by atoms with Gasteiger partial charge in [0.15, 0.2) is 0 Å². The first-order valence-electron chi connectivity index (χ1n) is 9.05. The zero-order valence-corrected chi connectivity index (χ0v) is 15.6. The summed E-state index contributed by atoms with van der Waals surface area (Å²) in [5.41, 5.74) is 2.29. The molecule has 1 fully saturated rings. The van der Waals surface area contributed by atoms with Gasteiger partial charge in [0.2, 0.25) is 5.91 Å². The van der Waals surface area contributed by atoms with E-state index in [-0.39, 0.29) is 23.8 Å². The highest BCUT2D eigenvalue weighted by atomic mass is 16.5. The van der Waals surface area contributed by atoms with Crippen LogP contribution in [0.4, 0.5) is 5.69 Å². The molecular formula is C21H22N2O5. The van der Waals surface area contributed by atoms with Gasteiger partial charge in [-0.2, -0.15) is 0 Å². The highest BCUT2D eigenvalue weighted by Gasteiger charge is 2.21. The number of nitrogens with zero attached hydrogens (tertiary/aromatic N) is 1. The summed E-state index contributed by atoms with van der Waals surface area (Å²) in [4.78, 5) is 38.3. The van der Waals surface area contributed by atoms with Crippen molar-refractivity contribution in [1.82, 2.24) is 4.90 Å². The molecule has 1 aliphatic heterocycles. The monoisotopic (exact) mass is 382 g/mol. The van der Waals surface area contributed by atoms with Gasteiger partial charge in [-0.05, 0) is 36.2 Å². The molecule has 0 spiro atoms. The predicted molar refractivity (Wildman–Crippen MR) is 104 cm³/mol. The van der Waals surface area contributed by atoms with E-state index in [0.717, 1.165) is 0 Å². The Morgan fingerprint density at radius 2 is 1.71 bits per heavy atom. The molecule has 1 heterocycles. The fraction of sp³-hybridized carbons (Fsp3) is 0.286. The van der Waals surface area contributed by atoms with Crippen molar-refractivity contribution in [3.63, 3.8) is 0 Å². The molecule has 2 aromatic rings. The van der Waals surface area contributed by atoms with E-state index in [2.05, 4.69) is 5.32 Å². The fourth-order valence-electron chi connectivity index (χ4n) is 3.19. The number of morpholine rings is 1. The first kappa shape index (κ1) is 19.6. The maximum atomic E-state index is 12.8. The van der Waals surface area contributed by atoms with Crippen LogP contribution in [0.15, 0.2) is 42.5 Å². The van der Waals surface area contributed by atoms with Crippen LogP contribution in [-0.2, 0) is 16.0 Å². The molecule has 7 heteroatoms. The SMILES string of the molecule is Cc1c(NC(=O)Cc2ccccc2C(=O)O)cccc1C(=O)N1CCOCC1. The number of hydrogen-bond acceptors (Lipinski definition) is 4. The Balaban J connectivity index is 1.75. The van der Waals surface area contributed by atoms with Crippen molar-refractivity contribution in [2.75, 3.05) is 31.6 Å². The molecule has 0 saturated carbocycles. The fourth-order valence-corrected chi connectivity index (χ4v) is 3.19. The van der Waals surface area contributed by atoms with E-state index in [1.54, 1.807) is 48.2 Å². The first-order valence-corrected chi connectivity index (χ1v) is 9.05. The molecule has 146 valence electrons. The summed E-state index contributed by atoms with van der Waals surface area (Å²) in [7, 11) is 0. The van der Waals surface area contributed by atoms with E-state index in [4.69, 9.17) is 4.74 Å². The highest BCUT2D eigenvalue weighted by molar-refractivity contribution is 6.00. The molecule has 2 aromatic carbocycles. The van der Waals surface area contributed by atoms with Crippen molar-refractivity contribution < 1.29 is 24.2 Å². The zero-order chi connectivity index (χ0) is 20.1. The predicted octanol–water partition coefficient (Wildman–Crippen LogP) is 2.35. The number of ether oxygens (including phenoxy) is 1. The number of rotatable bonds is 5. The molecule has 0 atom stereocenters.